The van der Waals surface area contributed by atoms with Crippen molar-refractivity contribution in [2.24, 2.45) is 5.73 Å². The van der Waals surface area contributed by atoms with Crippen molar-refractivity contribution >= 4 is 9.84 Å². The van der Waals surface area contributed by atoms with Crippen molar-refractivity contribution in [2.75, 3.05) is 24.6 Å². The molecule has 0 radical (unpaired) electrons. The summed E-state index contributed by atoms with van der Waals surface area (Å²) in [5.74, 6) is 0.557. The highest BCUT2D eigenvalue weighted by atomic mass is 32.2. The second-order valence-corrected chi connectivity index (χ2v) is 7.35. The van der Waals surface area contributed by atoms with E-state index in [1.807, 2.05) is 0 Å². The molecule has 1 aliphatic rings. The monoisotopic (exact) mass is 262 g/mol. The van der Waals surface area contributed by atoms with Crippen LogP contribution in [0.5, 0.6) is 0 Å². The fraction of sp³-hybridized carbons (Fsp3) is 1.00. The van der Waals surface area contributed by atoms with Gasteiger partial charge in [0.05, 0.1) is 11.5 Å². The molecular formula is C12H26N2O2S. The summed E-state index contributed by atoms with van der Waals surface area (Å²) < 4.78 is 23.7. The van der Waals surface area contributed by atoms with Crippen molar-refractivity contribution < 1.29 is 8.42 Å². The van der Waals surface area contributed by atoms with Gasteiger partial charge in [-0.05, 0) is 32.7 Å². The zero-order valence-electron chi connectivity index (χ0n) is 11.3. The Labute approximate surface area is 105 Å². The molecule has 17 heavy (non-hydrogen) atoms. The fourth-order valence-electron chi connectivity index (χ4n) is 3.01. The van der Waals surface area contributed by atoms with Gasteiger partial charge in [0.2, 0.25) is 0 Å². The van der Waals surface area contributed by atoms with Crippen molar-refractivity contribution in [1.82, 2.24) is 4.90 Å². The third-order valence-corrected chi connectivity index (χ3v) is 5.93. The molecule has 0 saturated carbocycles. The van der Waals surface area contributed by atoms with Crippen molar-refractivity contribution in [3.05, 3.63) is 0 Å². The van der Waals surface area contributed by atoms with Crippen molar-refractivity contribution in [2.45, 2.75) is 51.6 Å². The molecule has 2 unspecified atom stereocenters. The van der Waals surface area contributed by atoms with Gasteiger partial charge < -0.3 is 5.73 Å². The molecule has 102 valence electrons. The minimum absolute atomic E-state index is 0.231. The predicted molar refractivity (Wildman–Crippen MR) is 71.8 cm³/mol. The summed E-state index contributed by atoms with van der Waals surface area (Å²) >= 11 is 0. The van der Waals surface area contributed by atoms with E-state index in [-0.39, 0.29) is 11.3 Å². The normalized spacial score (nSPS) is 30.4. The Bertz CT molecular complexity index is 342. The van der Waals surface area contributed by atoms with Gasteiger partial charge in [-0.3, -0.25) is 4.90 Å². The Morgan fingerprint density at radius 3 is 2.47 bits per heavy atom. The molecule has 0 amide bonds. The number of nitrogens with zero attached hydrogens (tertiary/aromatic N) is 1. The molecule has 0 aromatic heterocycles. The zero-order valence-corrected chi connectivity index (χ0v) is 12.1. The Morgan fingerprint density at radius 2 is 2.06 bits per heavy atom. The number of sulfone groups is 1. The number of hydrogen-bond donors (Lipinski definition) is 1. The van der Waals surface area contributed by atoms with Gasteiger partial charge in [-0.1, -0.05) is 13.8 Å². The molecule has 4 nitrogen and oxygen atoms in total. The van der Waals surface area contributed by atoms with Gasteiger partial charge in [0.15, 0.2) is 9.84 Å². The van der Waals surface area contributed by atoms with E-state index >= 15 is 0 Å². The van der Waals surface area contributed by atoms with Gasteiger partial charge >= 0.3 is 0 Å². The molecule has 1 saturated heterocycles. The molecule has 2 N–H and O–H groups in total. The minimum atomic E-state index is -2.92. The van der Waals surface area contributed by atoms with E-state index < -0.39 is 9.84 Å². The Hall–Kier alpha value is -0.130. The average Bonchev–Trinajstić information content (AvgIpc) is 2.28. The van der Waals surface area contributed by atoms with Gasteiger partial charge in [0.1, 0.15) is 0 Å². The lowest BCUT2D eigenvalue weighted by atomic mass is 9.91. The van der Waals surface area contributed by atoms with Crippen LogP contribution < -0.4 is 5.73 Å². The van der Waals surface area contributed by atoms with Crippen LogP contribution in [0.1, 0.15) is 40.0 Å². The molecule has 2 atom stereocenters. The van der Waals surface area contributed by atoms with Gasteiger partial charge in [-0.25, -0.2) is 8.42 Å². The summed E-state index contributed by atoms with van der Waals surface area (Å²) in [4.78, 5) is 2.30. The molecule has 0 spiro atoms. The maximum Gasteiger partial charge on any atom is 0.152 e. The quantitative estimate of drug-likeness (QED) is 0.803. The summed E-state index contributed by atoms with van der Waals surface area (Å²) in [5, 5.41) is 0. The summed E-state index contributed by atoms with van der Waals surface area (Å²) in [5.41, 5.74) is 5.59. The molecule has 1 aliphatic heterocycles. The van der Waals surface area contributed by atoms with Crippen LogP contribution >= 0.6 is 0 Å². The lowest BCUT2D eigenvalue weighted by Crippen LogP contribution is -2.62. The van der Waals surface area contributed by atoms with Crippen LogP contribution in [0.15, 0.2) is 0 Å². The van der Waals surface area contributed by atoms with Gasteiger partial charge in [0.25, 0.3) is 0 Å². The summed E-state index contributed by atoms with van der Waals surface area (Å²) in [6.07, 6.45) is 2.67. The minimum Gasteiger partial charge on any atom is -0.329 e. The lowest BCUT2D eigenvalue weighted by molar-refractivity contribution is 0.0641. The standard InChI is InChI=1S/C12H26N2O2S/c1-4-11(3)14(5-2)12(9-13)7-6-8-17(15,16)10-12/h11H,4-10,13H2,1-3H3. The van der Waals surface area contributed by atoms with Gasteiger partial charge in [0, 0.05) is 18.1 Å². The van der Waals surface area contributed by atoms with Gasteiger partial charge in [-0.15, -0.1) is 0 Å². The number of nitrogens with two attached hydrogens (primary N) is 1. The number of hydrogen-bond acceptors (Lipinski definition) is 4. The predicted octanol–water partition coefficient (Wildman–Crippen LogP) is 1.01. The van der Waals surface area contributed by atoms with E-state index in [0.717, 1.165) is 25.8 Å². The van der Waals surface area contributed by atoms with Gasteiger partial charge in [-0.2, -0.15) is 0 Å². The Balaban J connectivity index is 3.00. The first-order valence-electron chi connectivity index (χ1n) is 6.58. The second-order valence-electron chi connectivity index (χ2n) is 5.17. The van der Waals surface area contributed by atoms with Crippen LogP contribution in [0.25, 0.3) is 0 Å². The van der Waals surface area contributed by atoms with E-state index in [1.54, 1.807) is 0 Å². The molecule has 1 rings (SSSR count). The summed E-state index contributed by atoms with van der Waals surface area (Å²) in [6.45, 7) is 7.67. The van der Waals surface area contributed by atoms with Crippen LogP contribution in [0.3, 0.4) is 0 Å². The Kier molecular flexibility index (Phi) is 4.98. The second kappa shape index (κ2) is 5.67. The molecule has 1 heterocycles. The van der Waals surface area contributed by atoms with Crippen molar-refractivity contribution in [3.8, 4) is 0 Å². The van der Waals surface area contributed by atoms with Crippen molar-refractivity contribution in [3.63, 3.8) is 0 Å². The molecule has 1 fully saturated rings. The SMILES string of the molecule is CCC(C)N(CC)C1(CN)CCCS(=O)(=O)C1. The number of rotatable bonds is 5. The highest BCUT2D eigenvalue weighted by molar-refractivity contribution is 7.91. The first-order valence-corrected chi connectivity index (χ1v) is 8.40. The number of likely N-dealkylation sites (N-methyl/N-ethyl adjacent to an activating group) is 1. The Morgan fingerprint density at radius 1 is 1.41 bits per heavy atom. The maximum atomic E-state index is 11.9. The molecular weight excluding hydrogens is 236 g/mol. The highest BCUT2D eigenvalue weighted by Crippen LogP contribution is 2.30. The molecule has 0 aliphatic carbocycles. The molecule has 0 aromatic rings. The van der Waals surface area contributed by atoms with E-state index in [1.165, 1.54) is 0 Å². The highest BCUT2D eigenvalue weighted by Gasteiger charge is 2.43. The first-order chi connectivity index (χ1) is 7.90. The largest absolute Gasteiger partial charge is 0.329 e. The topological polar surface area (TPSA) is 63.4 Å². The summed E-state index contributed by atoms with van der Waals surface area (Å²) in [7, 11) is -2.92. The van der Waals surface area contributed by atoms with Crippen LogP contribution in [0, 0.1) is 0 Å². The van der Waals surface area contributed by atoms with E-state index in [4.69, 9.17) is 5.73 Å². The molecule has 0 bridgehead atoms. The van der Waals surface area contributed by atoms with E-state index in [2.05, 4.69) is 25.7 Å². The van der Waals surface area contributed by atoms with Crippen LogP contribution in [-0.4, -0.2) is 49.5 Å². The third kappa shape index (κ3) is 3.20. The van der Waals surface area contributed by atoms with Crippen LogP contribution in [-0.2, 0) is 9.84 Å². The first kappa shape index (κ1) is 14.9. The van der Waals surface area contributed by atoms with Crippen LogP contribution in [0.4, 0.5) is 0 Å². The summed E-state index contributed by atoms with van der Waals surface area (Å²) in [6, 6.07) is 0.386. The van der Waals surface area contributed by atoms with E-state index in [9.17, 15) is 8.42 Å². The van der Waals surface area contributed by atoms with Crippen molar-refractivity contribution in [1.29, 1.82) is 0 Å². The smallest absolute Gasteiger partial charge is 0.152 e. The maximum absolute atomic E-state index is 11.9. The molecule has 5 heteroatoms. The average molecular weight is 262 g/mol. The zero-order chi connectivity index (χ0) is 13.1. The van der Waals surface area contributed by atoms with E-state index in [0.29, 0.717) is 18.3 Å². The fourth-order valence-corrected chi connectivity index (χ4v) is 4.99. The molecule has 0 aromatic carbocycles. The third-order valence-electron chi connectivity index (χ3n) is 4.04. The van der Waals surface area contributed by atoms with Crippen LogP contribution in [0.2, 0.25) is 0 Å². The lowest BCUT2D eigenvalue weighted by Gasteiger charge is -2.48.